The summed E-state index contributed by atoms with van der Waals surface area (Å²) in [7, 11) is 0. The van der Waals surface area contributed by atoms with E-state index < -0.39 is 17.4 Å². The molecule has 1 aromatic rings. The zero-order valence-corrected chi connectivity index (χ0v) is 9.66. The molecular weight excluding hydrogens is 262 g/mol. The molecule has 2 rings (SSSR count). The van der Waals surface area contributed by atoms with E-state index in [1.54, 1.807) is 12.1 Å². The summed E-state index contributed by atoms with van der Waals surface area (Å²) >= 11 is 3.17. The number of halogens is 1. The predicted molar refractivity (Wildman–Crippen MR) is 57.3 cm³/mol. The Morgan fingerprint density at radius 3 is 2.60 bits per heavy atom. The van der Waals surface area contributed by atoms with Crippen LogP contribution in [0.4, 0.5) is 0 Å². The molecule has 0 spiro atoms. The summed E-state index contributed by atoms with van der Waals surface area (Å²) in [6.07, 6.45) is 2.17. The van der Waals surface area contributed by atoms with Gasteiger partial charge in [0, 0.05) is 0 Å². The van der Waals surface area contributed by atoms with Crippen LogP contribution in [0.15, 0.2) is 21.2 Å². The van der Waals surface area contributed by atoms with Crippen LogP contribution >= 0.6 is 15.9 Å². The topological polar surface area (TPSA) is 76.5 Å². The molecule has 1 aliphatic carbocycles. The van der Waals surface area contributed by atoms with Gasteiger partial charge in [-0.3, -0.25) is 4.79 Å². The van der Waals surface area contributed by atoms with Gasteiger partial charge in [-0.1, -0.05) is 6.42 Å². The quantitative estimate of drug-likeness (QED) is 0.886. The summed E-state index contributed by atoms with van der Waals surface area (Å²) < 4.78 is 5.88. The highest BCUT2D eigenvalue weighted by atomic mass is 79.9. The van der Waals surface area contributed by atoms with Crippen LogP contribution in [0.25, 0.3) is 0 Å². The van der Waals surface area contributed by atoms with Crippen molar-refractivity contribution in [3.8, 4) is 0 Å². The van der Waals surface area contributed by atoms with Crippen LogP contribution in [-0.2, 0) is 4.79 Å². The van der Waals surface area contributed by atoms with E-state index in [4.69, 9.17) is 10.2 Å². The number of carboxylic acid groups (broad SMARTS) is 1. The first-order chi connectivity index (χ1) is 7.06. The van der Waals surface area contributed by atoms with Crippen molar-refractivity contribution in [1.29, 1.82) is 0 Å². The minimum Gasteiger partial charge on any atom is -0.481 e. The van der Waals surface area contributed by atoms with Gasteiger partial charge in [0.25, 0.3) is 0 Å². The Morgan fingerprint density at radius 2 is 2.27 bits per heavy atom. The number of hydrogen-bond donors (Lipinski definition) is 2. The second-order valence-corrected chi connectivity index (χ2v) is 4.72. The summed E-state index contributed by atoms with van der Waals surface area (Å²) in [5.74, 6) is -0.294. The molecule has 0 aliphatic heterocycles. The van der Waals surface area contributed by atoms with Crippen LogP contribution in [-0.4, -0.2) is 11.1 Å². The third kappa shape index (κ3) is 1.59. The van der Waals surface area contributed by atoms with Gasteiger partial charge in [-0.05, 0) is 40.9 Å². The lowest BCUT2D eigenvalue weighted by Gasteiger charge is -2.41. The highest BCUT2D eigenvalue weighted by molar-refractivity contribution is 9.10. The molecule has 0 saturated heterocycles. The molecule has 1 heterocycles. The van der Waals surface area contributed by atoms with Gasteiger partial charge in [0.2, 0.25) is 0 Å². The summed E-state index contributed by atoms with van der Waals surface area (Å²) in [5.41, 5.74) is 5.13. The van der Waals surface area contributed by atoms with Gasteiger partial charge in [0.15, 0.2) is 4.67 Å². The highest BCUT2D eigenvalue weighted by Crippen LogP contribution is 2.49. The SMILES string of the molecule is NC(c1ccc(Br)o1)C1(C(=O)O)CCC1. The Kier molecular flexibility index (Phi) is 2.60. The number of furan rings is 1. The summed E-state index contributed by atoms with van der Waals surface area (Å²) in [5, 5.41) is 9.19. The van der Waals surface area contributed by atoms with Crippen molar-refractivity contribution in [2.75, 3.05) is 0 Å². The summed E-state index contributed by atoms with van der Waals surface area (Å²) in [6.45, 7) is 0. The smallest absolute Gasteiger partial charge is 0.311 e. The average molecular weight is 274 g/mol. The molecule has 4 nitrogen and oxygen atoms in total. The standard InChI is InChI=1S/C10H12BrNO3/c11-7-3-2-6(15-7)8(12)10(9(13)14)4-1-5-10/h2-3,8H,1,4-5,12H2,(H,13,14). The number of rotatable bonds is 3. The Balaban J connectivity index is 2.26. The zero-order chi connectivity index (χ0) is 11.1. The van der Waals surface area contributed by atoms with Crippen molar-refractivity contribution in [3.63, 3.8) is 0 Å². The first-order valence-electron chi connectivity index (χ1n) is 4.80. The molecule has 1 atom stereocenters. The van der Waals surface area contributed by atoms with E-state index in [9.17, 15) is 9.90 Å². The fourth-order valence-electron chi connectivity index (χ4n) is 1.98. The van der Waals surface area contributed by atoms with Crippen molar-refractivity contribution in [2.45, 2.75) is 25.3 Å². The molecule has 1 unspecified atom stereocenters. The number of nitrogens with two attached hydrogens (primary N) is 1. The van der Waals surface area contributed by atoms with Gasteiger partial charge in [0.05, 0.1) is 11.5 Å². The van der Waals surface area contributed by atoms with Gasteiger partial charge < -0.3 is 15.3 Å². The lowest BCUT2D eigenvalue weighted by Crippen LogP contribution is -2.46. The van der Waals surface area contributed by atoms with Gasteiger partial charge in [-0.15, -0.1) is 0 Å². The number of aliphatic carboxylic acids is 1. The number of carbonyl (C=O) groups is 1. The predicted octanol–water partition coefficient (Wildman–Crippen LogP) is 2.30. The van der Waals surface area contributed by atoms with E-state index in [0.29, 0.717) is 23.3 Å². The summed E-state index contributed by atoms with van der Waals surface area (Å²) in [6, 6.07) is 2.89. The van der Waals surface area contributed by atoms with E-state index in [1.165, 1.54) is 0 Å². The minimum atomic E-state index is -0.825. The molecule has 1 fully saturated rings. The Bertz CT molecular complexity index is 384. The van der Waals surface area contributed by atoms with Crippen LogP contribution in [0.3, 0.4) is 0 Å². The summed E-state index contributed by atoms with van der Waals surface area (Å²) in [4.78, 5) is 11.2. The van der Waals surface area contributed by atoms with Crippen LogP contribution in [0.1, 0.15) is 31.1 Å². The molecule has 1 aliphatic rings. The van der Waals surface area contributed by atoms with Gasteiger partial charge in [-0.25, -0.2) is 0 Å². The molecule has 82 valence electrons. The van der Waals surface area contributed by atoms with E-state index in [0.717, 1.165) is 6.42 Å². The average Bonchev–Trinajstić information content (AvgIpc) is 2.48. The maximum absolute atomic E-state index is 11.2. The van der Waals surface area contributed by atoms with Crippen molar-refractivity contribution in [2.24, 2.45) is 11.1 Å². The second-order valence-electron chi connectivity index (χ2n) is 3.93. The molecule has 0 amide bonds. The fraction of sp³-hybridized carbons (Fsp3) is 0.500. The van der Waals surface area contributed by atoms with Crippen molar-refractivity contribution in [1.82, 2.24) is 0 Å². The van der Waals surface area contributed by atoms with E-state index in [-0.39, 0.29) is 0 Å². The third-order valence-electron chi connectivity index (χ3n) is 3.17. The first-order valence-corrected chi connectivity index (χ1v) is 5.60. The third-order valence-corrected chi connectivity index (χ3v) is 3.59. The Morgan fingerprint density at radius 1 is 1.60 bits per heavy atom. The normalized spacial score (nSPS) is 20.7. The van der Waals surface area contributed by atoms with Gasteiger partial charge in [-0.2, -0.15) is 0 Å². The number of hydrogen-bond acceptors (Lipinski definition) is 3. The zero-order valence-electron chi connectivity index (χ0n) is 8.07. The van der Waals surface area contributed by atoms with E-state index in [2.05, 4.69) is 15.9 Å². The van der Waals surface area contributed by atoms with Crippen LogP contribution in [0.2, 0.25) is 0 Å². The van der Waals surface area contributed by atoms with Crippen molar-refractivity contribution < 1.29 is 14.3 Å². The molecule has 1 aromatic heterocycles. The largest absolute Gasteiger partial charge is 0.481 e. The van der Waals surface area contributed by atoms with Crippen LogP contribution in [0.5, 0.6) is 0 Å². The highest BCUT2D eigenvalue weighted by Gasteiger charge is 2.50. The molecule has 0 aromatic carbocycles. The minimum absolute atomic E-state index is 0.531. The lowest BCUT2D eigenvalue weighted by atomic mass is 9.63. The molecule has 0 radical (unpaired) electrons. The molecule has 5 heteroatoms. The Hall–Kier alpha value is -0.810. The lowest BCUT2D eigenvalue weighted by molar-refractivity contribution is -0.157. The van der Waals surface area contributed by atoms with E-state index in [1.807, 2.05) is 0 Å². The first kappa shape index (κ1) is 10.7. The van der Waals surface area contributed by atoms with Gasteiger partial charge >= 0.3 is 5.97 Å². The fourth-order valence-corrected chi connectivity index (χ4v) is 2.30. The molecular formula is C10H12BrNO3. The van der Waals surface area contributed by atoms with Crippen LogP contribution < -0.4 is 5.73 Å². The van der Waals surface area contributed by atoms with Crippen molar-refractivity contribution >= 4 is 21.9 Å². The molecule has 3 N–H and O–H groups in total. The van der Waals surface area contributed by atoms with Crippen LogP contribution in [0, 0.1) is 5.41 Å². The molecule has 0 bridgehead atoms. The monoisotopic (exact) mass is 273 g/mol. The molecule has 15 heavy (non-hydrogen) atoms. The maximum Gasteiger partial charge on any atom is 0.311 e. The Labute approximate surface area is 95.6 Å². The number of carboxylic acids is 1. The molecule has 1 saturated carbocycles. The van der Waals surface area contributed by atoms with Gasteiger partial charge in [0.1, 0.15) is 5.76 Å². The second kappa shape index (κ2) is 3.64. The maximum atomic E-state index is 11.2. The van der Waals surface area contributed by atoms with Crippen molar-refractivity contribution in [3.05, 3.63) is 22.6 Å². The van der Waals surface area contributed by atoms with E-state index >= 15 is 0 Å².